The molecular formula is C20H23F3N4O. The lowest BCUT2D eigenvalue weighted by Crippen LogP contribution is -2.39. The lowest BCUT2D eigenvalue weighted by molar-refractivity contribution is -0.137. The van der Waals surface area contributed by atoms with Gasteiger partial charge in [-0.15, -0.1) is 0 Å². The van der Waals surface area contributed by atoms with Crippen molar-refractivity contribution in [1.29, 1.82) is 0 Å². The summed E-state index contributed by atoms with van der Waals surface area (Å²) in [7, 11) is 0. The Bertz CT molecular complexity index is 882. The molecule has 0 atom stereocenters. The van der Waals surface area contributed by atoms with Gasteiger partial charge in [-0.2, -0.15) is 18.3 Å². The van der Waals surface area contributed by atoms with Gasteiger partial charge in [0.05, 0.1) is 11.3 Å². The van der Waals surface area contributed by atoms with Crippen LogP contribution >= 0.6 is 0 Å². The Hall–Kier alpha value is -2.35. The predicted molar refractivity (Wildman–Crippen MR) is 98.1 cm³/mol. The quantitative estimate of drug-likeness (QED) is 0.824. The molecule has 1 fully saturated rings. The number of hydrogen-bond donors (Lipinski definition) is 2. The Morgan fingerprint density at radius 3 is 2.68 bits per heavy atom. The highest BCUT2D eigenvalue weighted by Gasteiger charge is 2.33. The van der Waals surface area contributed by atoms with E-state index < -0.39 is 11.7 Å². The van der Waals surface area contributed by atoms with Crippen molar-refractivity contribution in [3.8, 4) is 0 Å². The molecule has 0 radical (unpaired) electrons. The Morgan fingerprint density at radius 1 is 1.21 bits per heavy atom. The molecule has 0 aliphatic carbocycles. The second-order valence-corrected chi connectivity index (χ2v) is 7.65. The second kappa shape index (κ2) is 7.24. The minimum absolute atomic E-state index is 0.0300. The summed E-state index contributed by atoms with van der Waals surface area (Å²) in [6.45, 7) is 4.25. The van der Waals surface area contributed by atoms with Crippen LogP contribution in [0.1, 0.15) is 57.2 Å². The summed E-state index contributed by atoms with van der Waals surface area (Å²) in [5.41, 5.74) is 3.16. The number of amides is 1. The van der Waals surface area contributed by atoms with E-state index in [-0.39, 0.29) is 11.8 Å². The van der Waals surface area contributed by atoms with Crippen LogP contribution in [-0.2, 0) is 19.1 Å². The van der Waals surface area contributed by atoms with Crippen LogP contribution in [0.3, 0.4) is 0 Å². The molecule has 3 heterocycles. The zero-order valence-corrected chi connectivity index (χ0v) is 15.7. The van der Waals surface area contributed by atoms with Crippen molar-refractivity contribution in [3.63, 3.8) is 0 Å². The molecule has 150 valence electrons. The normalized spacial score (nSPS) is 18.2. The number of H-pyrrole nitrogens is 1. The smallest absolute Gasteiger partial charge is 0.337 e. The molecule has 0 bridgehead atoms. The summed E-state index contributed by atoms with van der Waals surface area (Å²) >= 11 is 0. The number of nitrogens with one attached hydrogen (secondary N) is 2. The molecule has 4 rings (SSSR count). The first-order valence-corrected chi connectivity index (χ1v) is 9.58. The summed E-state index contributed by atoms with van der Waals surface area (Å²) in [6.07, 6.45) is -2.26. The molecule has 0 spiro atoms. The van der Waals surface area contributed by atoms with E-state index in [4.69, 9.17) is 0 Å². The first-order chi connectivity index (χ1) is 13.3. The van der Waals surface area contributed by atoms with Crippen LogP contribution < -0.4 is 5.32 Å². The van der Waals surface area contributed by atoms with E-state index in [1.165, 1.54) is 12.1 Å². The van der Waals surface area contributed by atoms with Gasteiger partial charge in [0.15, 0.2) is 5.69 Å². The van der Waals surface area contributed by atoms with Crippen molar-refractivity contribution in [2.75, 3.05) is 19.6 Å². The number of aromatic nitrogens is 2. The number of aromatic amines is 1. The minimum Gasteiger partial charge on any atom is -0.337 e. The highest BCUT2D eigenvalue weighted by atomic mass is 19.4. The van der Waals surface area contributed by atoms with Crippen LogP contribution in [0, 0.1) is 6.92 Å². The van der Waals surface area contributed by atoms with Crippen LogP contribution in [0.15, 0.2) is 18.2 Å². The first kappa shape index (κ1) is 19.0. The molecule has 8 heteroatoms. The third-order valence-corrected chi connectivity index (χ3v) is 5.69. The van der Waals surface area contributed by atoms with Crippen molar-refractivity contribution < 1.29 is 18.0 Å². The number of likely N-dealkylation sites (tertiary alicyclic amines) is 1. The van der Waals surface area contributed by atoms with E-state index in [2.05, 4.69) is 15.5 Å². The van der Waals surface area contributed by atoms with Gasteiger partial charge >= 0.3 is 6.18 Å². The first-order valence-electron chi connectivity index (χ1n) is 9.58. The van der Waals surface area contributed by atoms with Gasteiger partial charge in [-0.25, -0.2) is 0 Å². The Balaban J connectivity index is 1.46. The number of carbonyl (C=O) groups excluding carboxylic acids is 1. The van der Waals surface area contributed by atoms with Crippen LogP contribution in [0.25, 0.3) is 0 Å². The Morgan fingerprint density at radius 2 is 1.96 bits per heavy atom. The Kier molecular flexibility index (Phi) is 4.91. The van der Waals surface area contributed by atoms with Gasteiger partial charge in [0.2, 0.25) is 0 Å². The molecule has 0 unspecified atom stereocenters. The van der Waals surface area contributed by atoms with E-state index >= 15 is 0 Å². The number of aryl methyl sites for hydroxylation is 1. The maximum absolute atomic E-state index is 13.1. The predicted octanol–water partition coefficient (Wildman–Crippen LogP) is 3.40. The zero-order chi connectivity index (χ0) is 19.9. The highest BCUT2D eigenvalue weighted by Crippen LogP contribution is 2.35. The van der Waals surface area contributed by atoms with E-state index in [9.17, 15) is 18.0 Å². The molecule has 1 saturated heterocycles. The number of halogens is 3. The fraction of sp³-hybridized carbons (Fsp3) is 0.500. The number of nitrogens with zero attached hydrogens (tertiary/aromatic N) is 2. The molecule has 2 aromatic rings. The van der Waals surface area contributed by atoms with Crippen molar-refractivity contribution >= 4 is 5.91 Å². The summed E-state index contributed by atoms with van der Waals surface area (Å²) in [4.78, 5) is 14.7. The van der Waals surface area contributed by atoms with Crippen LogP contribution in [-0.4, -0.2) is 40.6 Å². The second-order valence-electron chi connectivity index (χ2n) is 7.65. The summed E-state index contributed by atoms with van der Waals surface area (Å²) < 4.78 is 39.3. The number of carbonyl (C=O) groups is 1. The van der Waals surface area contributed by atoms with Gasteiger partial charge in [-0.3, -0.25) is 9.89 Å². The molecule has 2 aliphatic rings. The van der Waals surface area contributed by atoms with E-state index in [0.717, 1.165) is 24.2 Å². The molecule has 2 aliphatic heterocycles. The average molecular weight is 392 g/mol. The van der Waals surface area contributed by atoms with Gasteiger partial charge in [-0.05, 0) is 56.3 Å². The minimum atomic E-state index is -4.34. The van der Waals surface area contributed by atoms with E-state index in [1.807, 2.05) is 6.07 Å². The molecule has 28 heavy (non-hydrogen) atoms. The molecular weight excluding hydrogens is 369 g/mol. The highest BCUT2D eigenvalue weighted by molar-refractivity contribution is 5.94. The summed E-state index contributed by atoms with van der Waals surface area (Å²) in [6, 6.07) is 4.26. The fourth-order valence-corrected chi connectivity index (χ4v) is 4.20. The lowest BCUT2D eigenvalue weighted by Gasteiger charge is -2.32. The van der Waals surface area contributed by atoms with Crippen LogP contribution in [0.4, 0.5) is 13.2 Å². The third-order valence-electron chi connectivity index (χ3n) is 5.69. The fourth-order valence-electron chi connectivity index (χ4n) is 4.20. The Labute approximate surface area is 161 Å². The number of alkyl halides is 3. The largest absolute Gasteiger partial charge is 0.416 e. The standard InChI is InChI=1S/C20H23F3N4O/c1-12-8-14(10-15(9-12)20(21,22)23)13-3-6-27(7-4-13)19(28)18-16-2-5-24-11-17(16)25-26-18/h8-10,13,24H,2-7,11H2,1H3,(H,25,26). The summed E-state index contributed by atoms with van der Waals surface area (Å²) in [5, 5.41) is 10.4. The zero-order valence-electron chi connectivity index (χ0n) is 15.7. The molecule has 1 amide bonds. The maximum Gasteiger partial charge on any atom is 0.416 e. The molecule has 0 saturated carbocycles. The van der Waals surface area contributed by atoms with Gasteiger partial charge < -0.3 is 10.2 Å². The molecule has 1 aromatic heterocycles. The molecule has 1 aromatic carbocycles. The number of benzene rings is 1. The number of rotatable bonds is 2. The molecule has 5 nitrogen and oxygen atoms in total. The van der Waals surface area contributed by atoms with Gasteiger partial charge in [-0.1, -0.05) is 11.6 Å². The van der Waals surface area contributed by atoms with Gasteiger partial charge in [0, 0.05) is 25.2 Å². The maximum atomic E-state index is 13.1. The van der Waals surface area contributed by atoms with E-state index in [0.29, 0.717) is 49.3 Å². The third kappa shape index (κ3) is 3.65. The van der Waals surface area contributed by atoms with Crippen molar-refractivity contribution in [1.82, 2.24) is 20.4 Å². The van der Waals surface area contributed by atoms with Gasteiger partial charge in [0.25, 0.3) is 5.91 Å². The van der Waals surface area contributed by atoms with Crippen molar-refractivity contribution in [2.45, 2.75) is 44.8 Å². The average Bonchev–Trinajstić information content (AvgIpc) is 3.10. The molecule has 2 N–H and O–H groups in total. The lowest BCUT2D eigenvalue weighted by atomic mass is 9.87. The van der Waals surface area contributed by atoms with Crippen molar-refractivity contribution in [2.24, 2.45) is 0 Å². The monoisotopic (exact) mass is 392 g/mol. The number of piperidine rings is 1. The van der Waals surface area contributed by atoms with Crippen LogP contribution in [0.2, 0.25) is 0 Å². The number of fused-ring (bicyclic) bond motifs is 1. The van der Waals surface area contributed by atoms with E-state index in [1.54, 1.807) is 11.8 Å². The van der Waals surface area contributed by atoms with Crippen molar-refractivity contribution in [3.05, 3.63) is 51.8 Å². The SMILES string of the molecule is Cc1cc(C2CCN(C(=O)c3n[nH]c4c3CCNC4)CC2)cc(C(F)(F)F)c1. The summed E-state index contributed by atoms with van der Waals surface area (Å²) in [5.74, 6) is -0.0552. The topological polar surface area (TPSA) is 61.0 Å². The van der Waals surface area contributed by atoms with Crippen LogP contribution in [0.5, 0.6) is 0 Å². The van der Waals surface area contributed by atoms with Gasteiger partial charge in [0.1, 0.15) is 0 Å². The number of hydrogen-bond acceptors (Lipinski definition) is 3.